The van der Waals surface area contributed by atoms with E-state index in [0.717, 1.165) is 12.1 Å². The lowest BCUT2D eigenvalue weighted by molar-refractivity contribution is -0.622. The van der Waals surface area contributed by atoms with Crippen LogP contribution in [-0.4, -0.2) is 11.7 Å². The summed E-state index contributed by atoms with van der Waals surface area (Å²) in [4.78, 5) is 0. The van der Waals surface area contributed by atoms with Gasteiger partial charge in [-0.15, -0.1) is 0 Å². The predicted octanol–water partition coefficient (Wildman–Crippen LogP) is 3.38. The van der Waals surface area contributed by atoms with E-state index in [-0.39, 0.29) is 30.0 Å². The zero-order chi connectivity index (χ0) is 18.5. The molecule has 0 bridgehead atoms. The fourth-order valence-electron chi connectivity index (χ4n) is 3.24. The molecule has 1 aliphatic heterocycles. The van der Waals surface area contributed by atoms with Gasteiger partial charge in [0.05, 0.1) is 12.2 Å². The van der Waals surface area contributed by atoms with Crippen LogP contribution in [-0.2, 0) is 11.8 Å². The van der Waals surface area contributed by atoms with E-state index < -0.39 is 22.8 Å². The van der Waals surface area contributed by atoms with E-state index in [1.807, 2.05) is 13.8 Å². The lowest BCUT2D eigenvalue weighted by Gasteiger charge is -2.31. The van der Waals surface area contributed by atoms with Crippen LogP contribution in [0.1, 0.15) is 37.1 Å². The first-order valence-electron chi connectivity index (χ1n) is 7.79. The Morgan fingerprint density at radius 3 is 2.56 bits per heavy atom. The number of pyridine rings is 1. The van der Waals surface area contributed by atoms with Gasteiger partial charge in [-0.05, 0) is 30.7 Å². The Hall–Kier alpha value is -2.28. The highest BCUT2D eigenvalue weighted by molar-refractivity contribution is 5.46. The Balaban J connectivity index is 2.28. The van der Waals surface area contributed by atoms with Gasteiger partial charge in [-0.3, -0.25) is 0 Å². The average molecular weight is 353 g/mol. The van der Waals surface area contributed by atoms with Gasteiger partial charge in [-0.1, -0.05) is 13.8 Å². The normalized spacial score (nSPS) is 22.6. The molecule has 0 saturated carbocycles. The van der Waals surface area contributed by atoms with Crippen molar-refractivity contribution >= 4 is 0 Å². The molecule has 3 rings (SSSR count). The van der Waals surface area contributed by atoms with Crippen molar-refractivity contribution in [1.82, 2.24) is 0 Å². The fourth-order valence-corrected chi connectivity index (χ4v) is 3.24. The minimum absolute atomic E-state index is 0.0332. The number of hydrogen-bond acceptors (Lipinski definition) is 3. The molecule has 2 heterocycles. The lowest BCUT2D eigenvalue weighted by atomic mass is 9.76. The molecule has 0 saturated heterocycles. The second-order valence-electron chi connectivity index (χ2n) is 7.11. The van der Waals surface area contributed by atoms with E-state index in [2.05, 4.69) is 0 Å². The molecule has 1 aliphatic rings. The first kappa shape index (κ1) is 17.5. The Kier molecular flexibility index (Phi) is 3.95. The lowest BCUT2D eigenvalue weighted by Crippen LogP contribution is -2.44. The van der Waals surface area contributed by atoms with E-state index in [1.54, 1.807) is 6.07 Å². The molecule has 0 fully saturated rings. The number of nitrogens with zero attached hydrogens (tertiary/aromatic N) is 1. The molecular weight excluding hydrogens is 335 g/mol. The third-order valence-electron chi connectivity index (χ3n) is 4.35. The van der Waals surface area contributed by atoms with Gasteiger partial charge < -0.3 is 15.1 Å². The summed E-state index contributed by atoms with van der Waals surface area (Å²) in [6, 6.07) is 7.44. The van der Waals surface area contributed by atoms with Crippen molar-refractivity contribution in [1.29, 1.82) is 0 Å². The van der Waals surface area contributed by atoms with Crippen LogP contribution in [0, 0.1) is 10.6 Å². The minimum atomic E-state index is -4.57. The van der Waals surface area contributed by atoms with E-state index >= 15 is 0 Å². The van der Waals surface area contributed by atoms with Gasteiger partial charge in [0.15, 0.2) is 11.8 Å². The molecule has 1 atom stereocenters. The van der Waals surface area contributed by atoms with Crippen molar-refractivity contribution < 1.29 is 27.7 Å². The number of halogens is 3. The van der Waals surface area contributed by atoms with Crippen LogP contribution in [0.3, 0.4) is 0 Å². The molecule has 0 amide bonds. The van der Waals surface area contributed by atoms with Crippen LogP contribution in [0.2, 0.25) is 0 Å². The van der Waals surface area contributed by atoms with Crippen LogP contribution >= 0.6 is 0 Å². The summed E-state index contributed by atoms with van der Waals surface area (Å²) in [5.74, 6) is 0.143. The summed E-state index contributed by atoms with van der Waals surface area (Å²) in [7, 11) is 0. The first-order chi connectivity index (χ1) is 11.5. The van der Waals surface area contributed by atoms with E-state index in [4.69, 9.17) is 4.74 Å². The van der Waals surface area contributed by atoms with Crippen LogP contribution < -0.4 is 9.47 Å². The van der Waals surface area contributed by atoms with Gasteiger partial charge in [0.25, 0.3) is 0 Å². The molecule has 7 heteroatoms. The summed E-state index contributed by atoms with van der Waals surface area (Å²) in [6.45, 7) is 3.86. The maximum Gasteiger partial charge on any atom is 0.416 e. The van der Waals surface area contributed by atoms with Gasteiger partial charge >= 0.3 is 6.18 Å². The maximum absolute atomic E-state index is 13.2. The molecule has 0 radical (unpaired) electrons. The number of alkyl halides is 3. The standard InChI is InChI=1S/C18H18F3NO3/c1-16(2)10-17(23,15-5-3-4-8-22(15)24)13-9-12(18(19,20)21)6-7-14(13)25-11-16/h3-9,23H,10-11H2,1-2H3. The van der Waals surface area contributed by atoms with Gasteiger partial charge in [-0.2, -0.15) is 17.9 Å². The Bertz CT molecular complexity index is 804. The third kappa shape index (κ3) is 3.16. The third-order valence-corrected chi connectivity index (χ3v) is 4.35. The summed E-state index contributed by atoms with van der Waals surface area (Å²) < 4.78 is 45.6. The molecule has 1 N–H and O–H groups in total. The molecule has 0 aliphatic carbocycles. The van der Waals surface area contributed by atoms with Gasteiger partial charge in [0.1, 0.15) is 5.75 Å². The fraction of sp³-hybridized carbons (Fsp3) is 0.389. The van der Waals surface area contributed by atoms with Crippen molar-refractivity contribution in [3.63, 3.8) is 0 Å². The number of fused-ring (bicyclic) bond motifs is 1. The smallest absolute Gasteiger partial charge is 0.416 e. The van der Waals surface area contributed by atoms with E-state index in [1.165, 1.54) is 24.4 Å². The molecular formula is C18H18F3NO3. The number of benzene rings is 1. The van der Waals surface area contributed by atoms with Crippen LogP contribution in [0.15, 0.2) is 42.6 Å². The summed E-state index contributed by atoms with van der Waals surface area (Å²) in [6.07, 6.45) is -3.32. The number of hydrogen-bond donors (Lipinski definition) is 1. The van der Waals surface area contributed by atoms with Crippen molar-refractivity contribution in [2.45, 2.75) is 32.0 Å². The van der Waals surface area contributed by atoms with Gasteiger partial charge in [0.2, 0.25) is 5.69 Å². The quantitative estimate of drug-likeness (QED) is 0.632. The predicted molar refractivity (Wildman–Crippen MR) is 83.7 cm³/mol. The second-order valence-corrected chi connectivity index (χ2v) is 7.11. The maximum atomic E-state index is 13.2. The van der Waals surface area contributed by atoms with Crippen LogP contribution in [0.5, 0.6) is 5.75 Å². The monoisotopic (exact) mass is 353 g/mol. The SMILES string of the molecule is CC1(C)COc2ccc(C(F)(F)F)cc2C(O)(c2cccc[n+]2[O-])C1. The molecule has 0 spiro atoms. The molecule has 134 valence electrons. The highest BCUT2D eigenvalue weighted by atomic mass is 19.4. The minimum Gasteiger partial charge on any atom is -0.618 e. The Morgan fingerprint density at radius 2 is 1.92 bits per heavy atom. The van der Waals surface area contributed by atoms with Crippen molar-refractivity contribution in [2.24, 2.45) is 5.41 Å². The highest BCUT2D eigenvalue weighted by Gasteiger charge is 2.48. The average Bonchev–Trinajstić information content (AvgIpc) is 2.61. The highest BCUT2D eigenvalue weighted by Crippen LogP contribution is 2.47. The Morgan fingerprint density at radius 1 is 1.20 bits per heavy atom. The largest absolute Gasteiger partial charge is 0.618 e. The molecule has 1 aromatic heterocycles. The Labute approximate surface area is 143 Å². The van der Waals surface area contributed by atoms with Crippen LogP contribution in [0.4, 0.5) is 13.2 Å². The molecule has 4 nitrogen and oxygen atoms in total. The van der Waals surface area contributed by atoms with Gasteiger partial charge in [-0.25, -0.2) is 0 Å². The first-order valence-corrected chi connectivity index (χ1v) is 7.79. The van der Waals surface area contributed by atoms with E-state index in [0.29, 0.717) is 4.73 Å². The second kappa shape index (κ2) is 5.62. The van der Waals surface area contributed by atoms with E-state index in [9.17, 15) is 23.5 Å². The molecule has 2 aromatic rings. The number of aliphatic hydroxyl groups is 1. The summed E-state index contributed by atoms with van der Waals surface area (Å²) in [5.41, 5.74) is -3.45. The number of aromatic nitrogens is 1. The zero-order valence-electron chi connectivity index (χ0n) is 13.8. The number of ether oxygens (including phenoxy) is 1. The molecule has 1 unspecified atom stereocenters. The molecule has 25 heavy (non-hydrogen) atoms. The summed E-state index contributed by atoms with van der Waals surface area (Å²) >= 11 is 0. The van der Waals surface area contributed by atoms with Gasteiger partial charge in [0, 0.05) is 23.1 Å². The number of rotatable bonds is 1. The van der Waals surface area contributed by atoms with Crippen LogP contribution in [0.25, 0.3) is 0 Å². The van der Waals surface area contributed by atoms with Crippen molar-refractivity contribution in [3.8, 4) is 5.75 Å². The zero-order valence-corrected chi connectivity index (χ0v) is 13.8. The topological polar surface area (TPSA) is 56.4 Å². The van der Waals surface area contributed by atoms with Crippen molar-refractivity contribution in [3.05, 3.63) is 64.6 Å². The molecule has 1 aromatic carbocycles. The summed E-state index contributed by atoms with van der Waals surface area (Å²) in [5, 5.41) is 23.6. The van der Waals surface area contributed by atoms with Crippen molar-refractivity contribution in [2.75, 3.05) is 6.61 Å².